The number of nitrogens with zero attached hydrogens (tertiary/aromatic N) is 1. The molecule has 16 heavy (non-hydrogen) atoms. The van der Waals surface area contributed by atoms with E-state index in [9.17, 15) is 4.79 Å². The van der Waals surface area contributed by atoms with Gasteiger partial charge < -0.3 is 9.72 Å². The average Bonchev–Trinajstić information content (AvgIpc) is 3.03. The molecule has 1 aromatic heterocycles. The summed E-state index contributed by atoms with van der Waals surface area (Å²) in [5, 5.41) is 0. The summed E-state index contributed by atoms with van der Waals surface area (Å²) in [6, 6.07) is 0. The molecule has 4 nitrogen and oxygen atoms in total. The Balaban J connectivity index is 2.38. The number of aryl methyl sites for hydroxylation is 1. The predicted molar refractivity (Wildman–Crippen MR) is 61.4 cm³/mol. The van der Waals surface area contributed by atoms with Gasteiger partial charge in [-0.2, -0.15) is 0 Å². The molecule has 0 bridgehead atoms. The Bertz CT molecular complexity index is 435. The van der Waals surface area contributed by atoms with Gasteiger partial charge >= 0.3 is 0 Å². The largest absolute Gasteiger partial charge is 0.373 e. The fourth-order valence-electron chi connectivity index (χ4n) is 2.11. The summed E-state index contributed by atoms with van der Waals surface area (Å²) < 4.78 is 5.41. The number of hydrogen-bond donors (Lipinski definition) is 1. The quantitative estimate of drug-likeness (QED) is 0.844. The second-order valence-electron chi connectivity index (χ2n) is 4.36. The van der Waals surface area contributed by atoms with Crippen LogP contribution in [-0.4, -0.2) is 17.1 Å². The summed E-state index contributed by atoms with van der Waals surface area (Å²) in [5.74, 6) is 1.21. The van der Waals surface area contributed by atoms with Gasteiger partial charge in [0.1, 0.15) is 11.9 Å². The van der Waals surface area contributed by atoms with E-state index in [2.05, 4.69) is 9.97 Å². The van der Waals surface area contributed by atoms with E-state index in [-0.39, 0.29) is 11.7 Å². The molecular weight excluding hydrogens is 204 g/mol. The van der Waals surface area contributed by atoms with E-state index in [1.165, 1.54) is 0 Å². The van der Waals surface area contributed by atoms with Crippen LogP contribution >= 0.6 is 0 Å². The summed E-state index contributed by atoms with van der Waals surface area (Å²) >= 11 is 0. The fraction of sp³-hybridized carbons (Fsp3) is 0.667. The maximum Gasteiger partial charge on any atom is 0.254 e. The zero-order valence-corrected chi connectivity index (χ0v) is 10.0. The average molecular weight is 222 g/mol. The Morgan fingerprint density at radius 2 is 2.25 bits per heavy atom. The number of hydrogen-bond acceptors (Lipinski definition) is 3. The number of methoxy groups -OCH3 is 1. The SMILES string of the molecule is CCc1c(C)nc(C(OC)C2CC2)[nH]c1=O. The summed E-state index contributed by atoms with van der Waals surface area (Å²) in [7, 11) is 1.67. The van der Waals surface area contributed by atoms with Crippen LogP contribution in [0.1, 0.15) is 43.0 Å². The van der Waals surface area contributed by atoms with Crippen LogP contribution in [0.3, 0.4) is 0 Å². The molecule has 0 saturated heterocycles. The fourth-order valence-corrected chi connectivity index (χ4v) is 2.11. The Morgan fingerprint density at radius 1 is 1.56 bits per heavy atom. The van der Waals surface area contributed by atoms with Crippen molar-refractivity contribution in [3.05, 3.63) is 27.4 Å². The lowest BCUT2D eigenvalue weighted by Crippen LogP contribution is -2.21. The van der Waals surface area contributed by atoms with Crippen LogP contribution in [0.4, 0.5) is 0 Å². The van der Waals surface area contributed by atoms with Crippen LogP contribution in [0.15, 0.2) is 4.79 Å². The molecule has 1 aromatic rings. The van der Waals surface area contributed by atoms with Crippen molar-refractivity contribution in [1.29, 1.82) is 0 Å². The highest BCUT2D eigenvalue weighted by atomic mass is 16.5. The molecule has 2 rings (SSSR count). The van der Waals surface area contributed by atoms with Crippen molar-refractivity contribution in [2.24, 2.45) is 5.92 Å². The molecule has 0 radical (unpaired) electrons. The zero-order chi connectivity index (χ0) is 11.7. The first-order chi connectivity index (χ1) is 7.67. The lowest BCUT2D eigenvalue weighted by atomic mass is 10.1. The molecule has 1 saturated carbocycles. The van der Waals surface area contributed by atoms with E-state index >= 15 is 0 Å². The van der Waals surface area contributed by atoms with Gasteiger partial charge in [0, 0.05) is 18.4 Å². The summed E-state index contributed by atoms with van der Waals surface area (Å²) in [5.41, 5.74) is 1.58. The minimum atomic E-state index is -0.0442. The molecule has 1 aliphatic rings. The van der Waals surface area contributed by atoms with Crippen LogP contribution in [0, 0.1) is 12.8 Å². The van der Waals surface area contributed by atoms with Crippen molar-refractivity contribution in [2.75, 3.05) is 7.11 Å². The first kappa shape index (κ1) is 11.3. The topological polar surface area (TPSA) is 55.0 Å². The maximum atomic E-state index is 11.8. The van der Waals surface area contributed by atoms with Gasteiger partial charge in [-0.3, -0.25) is 4.79 Å². The first-order valence-electron chi connectivity index (χ1n) is 5.79. The van der Waals surface area contributed by atoms with Crippen molar-refractivity contribution in [2.45, 2.75) is 39.2 Å². The molecule has 4 heteroatoms. The van der Waals surface area contributed by atoms with Gasteiger partial charge in [0.2, 0.25) is 0 Å². The molecule has 1 unspecified atom stereocenters. The monoisotopic (exact) mass is 222 g/mol. The molecule has 0 aromatic carbocycles. The molecular formula is C12H18N2O2. The molecule has 0 amide bonds. The van der Waals surface area contributed by atoms with E-state index < -0.39 is 0 Å². The van der Waals surface area contributed by atoms with Gasteiger partial charge in [0.05, 0.1) is 0 Å². The van der Waals surface area contributed by atoms with E-state index in [1.54, 1.807) is 7.11 Å². The van der Waals surface area contributed by atoms with Gasteiger partial charge in [-0.1, -0.05) is 6.92 Å². The highest BCUT2D eigenvalue weighted by molar-refractivity contribution is 5.17. The van der Waals surface area contributed by atoms with Crippen molar-refractivity contribution >= 4 is 0 Å². The third-order valence-corrected chi connectivity index (χ3v) is 3.17. The predicted octanol–water partition coefficient (Wildman–Crippen LogP) is 1.74. The third-order valence-electron chi connectivity index (χ3n) is 3.17. The van der Waals surface area contributed by atoms with Gasteiger partial charge in [-0.05, 0) is 32.1 Å². The summed E-state index contributed by atoms with van der Waals surface area (Å²) in [6.07, 6.45) is 3.00. The van der Waals surface area contributed by atoms with Crippen LogP contribution < -0.4 is 5.56 Å². The second-order valence-corrected chi connectivity index (χ2v) is 4.36. The standard InChI is InChI=1S/C12H18N2O2/c1-4-9-7(2)13-11(14-12(9)15)10(16-3)8-5-6-8/h8,10H,4-6H2,1-3H3,(H,13,14,15). The molecule has 1 aliphatic carbocycles. The first-order valence-corrected chi connectivity index (χ1v) is 5.79. The van der Waals surface area contributed by atoms with Gasteiger partial charge in [0.25, 0.3) is 5.56 Å². The van der Waals surface area contributed by atoms with Crippen molar-refractivity contribution in [1.82, 2.24) is 9.97 Å². The molecule has 88 valence electrons. The Kier molecular flexibility index (Phi) is 3.10. The van der Waals surface area contributed by atoms with Crippen LogP contribution in [0.25, 0.3) is 0 Å². The van der Waals surface area contributed by atoms with Gasteiger partial charge in [-0.15, -0.1) is 0 Å². The van der Waals surface area contributed by atoms with Crippen molar-refractivity contribution < 1.29 is 4.74 Å². The number of rotatable bonds is 4. The molecule has 1 atom stereocenters. The molecule has 1 N–H and O–H groups in total. The Morgan fingerprint density at radius 3 is 2.69 bits per heavy atom. The van der Waals surface area contributed by atoms with Gasteiger partial charge in [0.15, 0.2) is 0 Å². The molecule has 0 aliphatic heterocycles. The smallest absolute Gasteiger partial charge is 0.254 e. The third kappa shape index (κ3) is 2.02. The van der Waals surface area contributed by atoms with Gasteiger partial charge in [-0.25, -0.2) is 4.98 Å². The minimum absolute atomic E-state index is 0.0206. The number of aromatic amines is 1. The molecule has 0 spiro atoms. The lowest BCUT2D eigenvalue weighted by molar-refractivity contribution is 0.0768. The van der Waals surface area contributed by atoms with E-state index in [0.29, 0.717) is 11.7 Å². The summed E-state index contributed by atoms with van der Waals surface area (Å²) in [4.78, 5) is 19.1. The van der Waals surface area contributed by atoms with Crippen molar-refractivity contribution in [3.8, 4) is 0 Å². The second kappa shape index (κ2) is 4.37. The highest BCUT2D eigenvalue weighted by Gasteiger charge is 2.34. The maximum absolute atomic E-state index is 11.8. The molecule has 1 fully saturated rings. The minimum Gasteiger partial charge on any atom is -0.373 e. The number of aromatic nitrogens is 2. The van der Waals surface area contributed by atoms with Crippen molar-refractivity contribution in [3.63, 3.8) is 0 Å². The summed E-state index contributed by atoms with van der Waals surface area (Å²) in [6.45, 7) is 3.85. The van der Waals surface area contributed by atoms with Crippen LogP contribution in [0.5, 0.6) is 0 Å². The lowest BCUT2D eigenvalue weighted by Gasteiger charge is -2.14. The zero-order valence-electron chi connectivity index (χ0n) is 10.0. The van der Waals surface area contributed by atoms with Crippen LogP contribution in [-0.2, 0) is 11.2 Å². The van der Waals surface area contributed by atoms with E-state index in [0.717, 1.165) is 30.5 Å². The molecule has 1 heterocycles. The normalized spacial score (nSPS) is 17.4. The van der Waals surface area contributed by atoms with Crippen LogP contribution in [0.2, 0.25) is 0 Å². The highest BCUT2D eigenvalue weighted by Crippen LogP contribution is 2.41. The number of nitrogens with one attached hydrogen (secondary N) is 1. The Hall–Kier alpha value is -1.16. The van der Waals surface area contributed by atoms with E-state index in [1.807, 2.05) is 13.8 Å². The Labute approximate surface area is 95.1 Å². The number of ether oxygens (including phenoxy) is 1. The number of H-pyrrole nitrogens is 1. The van der Waals surface area contributed by atoms with E-state index in [4.69, 9.17) is 4.74 Å².